The zero-order valence-corrected chi connectivity index (χ0v) is 17.0. The van der Waals surface area contributed by atoms with Crippen LogP contribution in [0, 0.1) is 20.2 Å². The van der Waals surface area contributed by atoms with E-state index in [-0.39, 0.29) is 23.0 Å². The van der Waals surface area contributed by atoms with Crippen molar-refractivity contribution in [1.82, 2.24) is 9.97 Å². The van der Waals surface area contributed by atoms with Gasteiger partial charge < -0.3 is 10.2 Å². The van der Waals surface area contributed by atoms with Crippen LogP contribution in [0.3, 0.4) is 0 Å². The van der Waals surface area contributed by atoms with Crippen molar-refractivity contribution in [3.8, 4) is 0 Å². The number of anilines is 4. The van der Waals surface area contributed by atoms with Crippen LogP contribution in [0.1, 0.15) is 6.92 Å². The maximum atomic E-state index is 12.1. The highest BCUT2D eigenvalue weighted by molar-refractivity contribution is 5.97. The molecule has 1 N–H and O–H groups in total. The highest BCUT2D eigenvalue weighted by Gasteiger charge is 2.28. The van der Waals surface area contributed by atoms with E-state index in [4.69, 9.17) is 0 Å². The van der Waals surface area contributed by atoms with Crippen LogP contribution in [0.25, 0.3) is 10.8 Å². The van der Waals surface area contributed by atoms with Gasteiger partial charge in [0.15, 0.2) is 0 Å². The summed E-state index contributed by atoms with van der Waals surface area (Å²) in [5.41, 5.74) is 0.612. The van der Waals surface area contributed by atoms with Gasteiger partial charge in [0.25, 0.3) is 5.69 Å². The van der Waals surface area contributed by atoms with Gasteiger partial charge in [-0.15, -0.1) is 0 Å². The molecule has 0 atom stereocenters. The first-order valence-corrected chi connectivity index (χ1v) is 9.75. The second kappa shape index (κ2) is 8.64. The average molecular weight is 430 g/mol. The molecule has 32 heavy (non-hydrogen) atoms. The summed E-state index contributed by atoms with van der Waals surface area (Å²) in [6.45, 7) is 2.30. The van der Waals surface area contributed by atoms with Crippen LogP contribution in [0.15, 0.2) is 73.1 Å². The first-order valence-electron chi connectivity index (χ1n) is 9.75. The molecule has 0 aliphatic rings. The molecule has 0 radical (unpaired) electrons. The summed E-state index contributed by atoms with van der Waals surface area (Å²) in [7, 11) is 0. The Kier molecular flexibility index (Phi) is 5.58. The third-order valence-corrected chi connectivity index (χ3v) is 4.93. The van der Waals surface area contributed by atoms with Gasteiger partial charge in [-0.3, -0.25) is 20.2 Å². The highest BCUT2D eigenvalue weighted by Crippen LogP contribution is 2.39. The first-order chi connectivity index (χ1) is 15.5. The molecule has 10 nitrogen and oxygen atoms in total. The van der Waals surface area contributed by atoms with E-state index in [0.29, 0.717) is 12.2 Å². The summed E-state index contributed by atoms with van der Waals surface area (Å²) < 4.78 is 0. The molecule has 1 heterocycles. The fourth-order valence-electron chi connectivity index (χ4n) is 3.54. The van der Waals surface area contributed by atoms with Crippen molar-refractivity contribution < 1.29 is 9.85 Å². The molecule has 0 spiro atoms. The van der Waals surface area contributed by atoms with E-state index in [1.54, 1.807) is 11.0 Å². The molecule has 0 fully saturated rings. The molecule has 10 heteroatoms. The van der Waals surface area contributed by atoms with Crippen molar-refractivity contribution in [3.63, 3.8) is 0 Å². The smallest absolute Gasteiger partial charge is 0.334 e. The van der Waals surface area contributed by atoms with Gasteiger partial charge in [-0.1, -0.05) is 42.5 Å². The third kappa shape index (κ3) is 3.88. The van der Waals surface area contributed by atoms with E-state index in [1.807, 2.05) is 49.4 Å². The predicted molar refractivity (Wildman–Crippen MR) is 122 cm³/mol. The maximum Gasteiger partial charge on any atom is 0.354 e. The Morgan fingerprint density at radius 1 is 0.938 bits per heavy atom. The van der Waals surface area contributed by atoms with Gasteiger partial charge in [0.05, 0.1) is 15.5 Å². The normalized spacial score (nSPS) is 10.7. The number of fused-ring (bicyclic) bond motifs is 1. The minimum atomic E-state index is -0.553. The van der Waals surface area contributed by atoms with E-state index in [2.05, 4.69) is 15.3 Å². The number of hydrogen-bond donors (Lipinski definition) is 1. The minimum Gasteiger partial charge on any atom is -0.334 e. The summed E-state index contributed by atoms with van der Waals surface area (Å²) >= 11 is 0. The highest BCUT2D eigenvalue weighted by atomic mass is 16.6. The largest absolute Gasteiger partial charge is 0.354 e. The number of nitro benzene ring substituents is 1. The van der Waals surface area contributed by atoms with E-state index in [0.717, 1.165) is 16.5 Å². The van der Waals surface area contributed by atoms with Gasteiger partial charge in [0, 0.05) is 29.8 Å². The number of aromatic nitrogens is 2. The lowest BCUT2D eigenvalue weighted by molar-refractivity contribution is -0.384. The maximum absolute atomic E-state index is 12.1. The number of nitro groups is 2. The Labute approximate surface area is 182 Å². The lowest BCUT2D eigenvalue weighted by Gasteiger charge is -2.24. The monoisotopic (exact) mass is 430 g/mol. The van der Waals surface area contributed by atoms with Crippen LogP contribution in [-0.2, 0) is 0 Å². The van der Waals surface area contributed by atoms with Gasteiger partial charge in [-0.2, -0.15) is 0 Å². The molecule has 1 aromatic heterocycles. The van der Waals surface area contributed by atoms with Gasteiger partial charge >= 0.3 is 5.69 Å². The molecular weight excluding hydrogens is 412 g/mol. The van der Waals surface area contributed by atoms with Crippen molar-refractivity contribution in [1.29, 1.82) is 0 Å². The zero-order chi connectivity index (χ0) is 22.7. The summed E-state index contributed by atoms with van der Waals surface area (Å²) in [4.78, 5) is 32.1. The van der Waals surface area contributed by atoms with Crippen molar-refractivity contribution in [2.45, 2.75) is 6.92 Å². The molecule has 4 rings (SSSR count). The average Bonchev–Trinajstić information content (AvgIpc) is 2.80. The van der Waals surface area contributed by atoms with Gasteiger partial charge in [0.1, 0.15) is 6.33 Å². The number of benzene rings is 3. The topological polar surface area (TPSA) is 127 Å². The van der Waals surface area contributed by atoms with E-state index in [9.17, 15) is 20.2 Å². The van der Waals surface area contributed by atoms with Gasteiger partial charge in [0.2, 0.25) is 11.6 Å². The Bertz CT molecular complexity index is 1320. The number of non-ortho nitro benzene ring substituents is 1. The van der Waals surface area contributed by atoms with Crippen molar-refractivity contribution in [2.75, 3.05) is 16.8 Å². The Morgan fingerprint density at radius 3 is 2.44 bits per heavy atom. The Balaban J connectivity index is 1.83. The van der Waals surface area contributed by atoms with Crippen LogP contribution in [0.2, 0.25) is 0 Å². The Hall–Kier alpha value is -4.60. The molecule has 0 aliphatic heterocycles. The number of nitrogens with zero attached hydrogens (tertiary/aromatic N) is 5. The lowest BCUT2D eigenvalue weighted by atomic mass is 10.1. The minimum absolute atomic E-state index is 0.0563. The molecule has 0 saturated heterocycles. The SMILES string of the molecule is CCN(c1ncnc(Nc2cccc([N+](=O)[O-])c2)c1[N+](=O)[O-])c1cccc2ccccc12. The van der Waals surface area contributed by atoms with Crippen molar-refractivity contribution >= 4 is 45.2 Å². The van der Waals surface area contributed by atoms with Crippen LogP contribution in [0.4, 0.5) is 34.4 Å². The van der Waals surface area contributed by atoms with Gasteiger partial charge in [-0.25, -0.2) is 9.97 Å². The number of hydrogen-bond acceptors (Lipinski definition) is 8. The molecule has 0 unspecified atom stereocenters. The van der Waals surface area contributed by atoms with E-state index < -0.39 is 9.85 Å². The second-order valence-corrected chi connectivity index (χ2v) is 6.83. The fourth-order valence-corrected chi connectivity index (χ4v) is 3.54. The van der Waals surface area contributed by atoms with Gasteiger partial charge in [-0.05, 0) is 24.4 Å². The summed E-state index contributed by atoms with van der Waals surface area (Å²) in [5.74, 6) is 0.0657. The third-order valence-electron chi connectivity index (χ3n) is 4.93. The summed E-state index contributed by atoms with van der Waals surface area (Å²) in [6, 6.07) is 19.2. The zero-order valence-electron chi connectivity index (χ0n) is 17.0. The molecule has 0 aliphatic carbocycles. The van der Waals surface area contributed by atoms with Crippen molar-refractivity contribution in [3.05, 3.63) is 93.3 Å². The summed E-state index contributed by atoms with van der Waals surface area (Å²) in [5, 5.41) is 27.9. The van der Waals surface area contributed by atoms with E-state index in [1.165, 1.54) is 24.5 Å². The number of nitrogens with one attached hydrogen (secondary N) is 1. The molecule has 0 saturated carbocycles. The first kappa shape index (κ1) is 20.7. The molecule has 160 valence electrons. The standard InChI is InChI=1S/C22H18N6O4/c1-2-26(19-12-5-8-15-7-3-4-11-18(15)19)22-20(28(31)32)21(23-14-24-22)25-16-9-6-10-17(13-16)27(29)30/h3-14H,2H2,1H3,(H,23,24,25). The predicted octanol–water partition coefficient (Wildman–Crippen LogP) is 5.35. The lowest BCUT2D eigenvalue weighted by Crippen LogP contribution is -2.20. The van der Waals surface area contributed by atoms with E-state index >= 15 is 0 Å². The second-order valence-electron chi connectivity index (χ2n) is 6.83. The molecule has 0 amide bonds. The van der Waals surface area contributed by atoms with Crippen LogP contribution in [0.5, 0.6) is 0 Å². The molecule has 4 aromatic rings. The van der Waals surface area contributed by atoms with Crippen molar-refractivity contribution in [2.24, 2.45) is 0 Å². The summed E-state index contributed by atoms with van der Waals surface area (Å²) in [6.07, 6.45) is 1.23. The van der Waals surface area contributed by atoms with Crippen LogP contribution < -0.4 is 10.2 Å². The van der Waals surface area contributed by atoms with Crippen LogP contribution >= 0.6 is 0 Å². The molecular formula is C22H18N6O4. The number of rotatable bonds is 7. The molecule has 0 bridgehead atoms. The quantitative estimate of drug-likeness (QED) is 0.307. The fraction of sp³-hybridized carbons (Fsp3) is 0.0909. The van der Waals surface area contributed by atoms with Crippen LogP contribution in [-0.4, -0.2) is 26.4 Å². The molecule has 3 aromatic carbocycles. The Morgan fingerprint density at radius 2 is 1.69 bits per heavy atom.